The topological polar surface area (TPSA) is 29.5 Å². The van der Waals surface area contributed by atoms with E-state index in [1.54, 1.807) is 6.08 Å². The van der Waals surface area contributed by atoms with Crippen molar-refractivity contribution in [1.29, 1.82) is 0 Å². The highest BCUT2D eigenvalue weighted by molar-refractivity contribution is 5.69. The normalized spacial score (nSPS) is 9.73. The number of hydrogen-bond acceptors (Lipinski definition) is 3. The number of esters is 1. The average Bonchev–Trinajstić information content (AvgIpc) is 1.97. The van der Waals surface area contributed by atoms with Gasteiger partial charge in [-0.3, -0.25) is 4.79 Å². The van der Waals surface area contributed by atoms with Crippen molar-refractivity contribution in [3.63, 3.8) is 0 Å². The van der Waals surface area contributed by atoms with Crippen molar-refractivity contribution in [3.8, 4) is 0 Å². The maximum Gasteiger partial charge on any atom is 0.307 e. The summed E-state index contributed by atoms with van der Waals surface area (Å²) in [5.41, 5.74) is 0. The van der Waals surface area contributed by atoms with E-state index in [0.29, 0.717) is 13.0 Å². The van der Waals surface area contributed by atoms with Gasteiger partial charge in [-0.25, -0.2) is 0 Å². The van der Waals surface area contributed by atoms with Gasteiger partial charge in [-0.05, 0) is 14.1 Å². The highest BCUT2D eigenvalue weighted by Crippen LogP contribution is 1.88. The molecule has 0 atom stereocenters. The van der Waals surface area contributed by atoms with Crippen molar-refractivity contribution < 1.29 is 9.53 Å². The van der Waals surface area contributed by atoms with E-state index in [0.717, 1.165) is 6.54 Å². The van der Waals surface area contributed by atoms with E-state index in [1.807, 2.05) is 19.0 Å². The van der Waals surface area contributed by atoms with Crippen molar-refractivity contribution in [2.75, 3.05) is 27.2 Å². The zero-order valence-electron chi connectivity index (χ0n) is 7.17. The molecule has 64 valence electrons. The molecule has 0 N–H and O–H groups in total. The van der Waals surface area contributed by atoms with Gasteiger partial charge in [0.05, 0.1) is 6.42 Å². The second-order valence-corrected chi connectivity index (χ2v) is 2.52. The summed E-state index contributed by atoms with van der Waals surface area (Å²) in [5.74, 6) is -0.168. The quantitative estimate of drug-likeness (QED) is 0.434. The molecule has 0 aromatic carbocycles. The molecule has 0 fully saturated rings. The third-order valence-electron chi connectivity index (χ3n) is 1.13. The van der Waals surface area contributed by atoms with E-state index in [-0.39, 0.29) is 5.97 Å². The molecule has 11 heavy (non-hydrogen) atoms. The number of carbonyl (C=O) groups is 1. The molecule has 0 aromatic heterocycles. The highest BCUT2D eigenvalue weighted by atomic mass is 16.5. The maximum absolute atomic E-state index is 10.8. The van der Waals surface area contributed by atoms with Gasteiger partial charge in [-0.2, -0.15) is 0 Å². The first kappa shape index (κ1) is 10.2. The van der Waals surface area contributed by atoms with Gasteiger partial charge in [-0.15, -0.1) is 0 Å². The van der Waals surface area contributed by atoms with Gasteiger partial charge < -0.3 is 9.64 Å². The smallest absolute Gasteiger partial charge is 0.307 e. The molecule has 0 saturated carbocycles. The fourth-order valence-electron chi connectivity index (χ4n) is 0.539. The van der Waals surface area contributed by atoms with Crippen LogP contribution < -0.4 is 0 Å². The molecule has 0 aromatic rings. The molecule has 0 bridgehead atoms. The summed E-state index contributed by atoms with van der Waals surface area (Å²) in [4.78, 5) is 12.7. The Morgan fingerprint density at radius 2 is 2.27 bits per heavy atom. The summed E-state index contributed by atoms with van der Waals surface area (Å²) in [6, 6.07) is 0. The molecule has 0 amide bonds. The first-order chi connectivity index (χ1) is 5.16. The molecule has 3 nitrogen and oxygen atoms in total. The minimum atomic E-state index is -0.168. The molecule has 0 saturated heterocycles. The molecule has 0 radical (unpaired) electrons. The van der Waals surface area contributed by atoms with Crippen molar-refractivity contribution in [3.05, 3.63) is 12.7 Å². The first-order valence-corrected chi connectivity index (χ1v) is 3.58. The van der Waals surface area contributed by atoms with Crippen molar-refractivity contribution >= 4 is 5.97 Å². The molecule has 0 aliphatic carbocycles. The lowest BCUT2D eigenvalue weighted by Gasteiger charge is -2.07. The van der Waals surface area contributed by atoms with Gasteiger partial charge >= 0.3 is 5.97 Å². The lowest BCUT2D eigenvalue weighted by molar-refractivity contribution is -0.142. The van der Waals surface area contributed by atoms with E-state index in [2.05, 4.69) is 6.58 Å². The Bertz CT molecular complexity index is 132. The van der Waals surface area contributed by atoms with E-state index in [9.17, 15) is 4.79 Å². The summed E-state index contributed by atoms with van der Waals surface area (Å²) in [5, 5.41) is 0. The number of ether oxygens (including phenoxy) is 1. The summed E-state index contributed by atoms with van der Waals surface area (Å²) in [6.45, 7) is 4.48. The summed E-state index contributed by atoms with van der Waals surface area (Å²) in [7, 11) is 3.83. The molecule has 0 unspecified atom stereocenters. The van der Waals surface area contributed by atoms with Gasteiger partial charge in [-0.1, -0.05) is 12.7 Å². The van der Waals surface area contributed by atoms with Crippen LogP contribution in [-0.2, 0) is 9.53 Å². The second kappa shape index (κ2) is 5.92. The van der Waals surface area contributed by atoms with E-state index in [1.165, 1.54) is 0 Å². The fourth-order valence-corrected chi connectivity index (χ4v) is 0.539. The molecular formula is C8H15NO2. The Morgan fingerprint density at radius 3 is 2.73 bits per heavy atom. The molecule has 3 heteroatoms. The predicted molar refractivity (Wildman–Crippen MR) is 44.3 cm³/mol. The van der Waals surface area contributed by atoms with E-state index in [4.69, 9.17) is 4.74 Å². The minimum Gasteiger partial charge on any atom is -0.461 e. The van der Waals surface area contributed by atoms with Crippen LogP contribution in [-0.4, -0.2) is 38.1 Å². The van der Waals surface area contributed by atoms with Crippen LogP contribution in [0.15, 0.2) is 12.7 Å². The fraction of sp³-hybridized carbons (Fsp3) is 0.625. The van der Waals surface area contributed by atoms with Gasteiger partial charge in [0, 0.05) is 6.54 Å². The van der Waals surface area contributed by atoms with Crippen LogP contribution in [0.5, 0.6) is 0 Å². The SMILES string of the molecule is C=CCOC(=O)CCN(C)C. The average molecular weight is 157 g/mol. The summed E-state index contributed by atoms with van der Waals surface area (Å²) < 4.78 is 4.76. The lowest BCUT2D eigenvalue weighted by Crippen LogP contribution is -2.17. The molecule has 0 aliphatic rings. The monoisotopic (exact) mass is 157 g/mol. The van der Waals surface area contributed by atoms with Crippen LogP contribution in [0.2, 0.25) is 0 Å². The van der Waals surface area contributed by atoms with Crippen LogP contribution in [0, 0.1) is 0 Å². The molecule has 0 heterocycles. The largest absolute Gasteiger partial charge is 0.461 e. The highest BCUT2D eigenvalue weighted by Gasteiger charge is 2.00. The maximum atomic E-state index is 10.8. The number of carbonyl (C=O) groups excluding carboxylic acids is 1. The Hall–Kier alpha value is -0.830. The zero-order chi connectivity index (χ0) is 8.69. The van der Waals surface area contributed by atoms with Crippen LogP contribution in [0.4, 0.5) is 0 Å². The van der Waals surface area contributed by atoms with Crippen molar-refractivity contribution in [2.24, 2.45) is 0 Å². The molecular weight excluding hydrogens is 142 g/mol. The van der Waals surface area contributed by atoms with Gasteiger partial charge in [0.15, 0.2) is 0 Å². The third-order valence-corrected chi connectivity index (χ3v) is 1.13. The summed E-state index contributed by atoms with van der Waals surface area (Å²) in [6.07, 6.45) is 2.01. The molecule has 0 spiro atoms. The van der Waals surface area contributed by atoms with Gasteiger partial charge in [0.2, 0.25) is 0 Å². The van der Waals surface area contributed by atoms with Gasteiger partial charge in [0.25, 0.3) is 0 Å². The second-order valence-electron chi connectivity index (χ2n) is 2.52. The molecule has 0 aliphatic heterocycles. The van der Waals surface area contributed by atoms with Crippen LogP contribution in [0.3, 0.4) is 0 Å². The number of nitrogens with zero attached hydrogens (tertiary/aromatic N) is 1. The van der Waals surface area contributed by atoms with Crippen LogP contribution >= 0.6 is 0 Å². The Kier molecular flexibility index (Phi) is 5.47. The van der Waals surface area contributed by atoms with Crippen molar-refractivity contribution in [2.45, 2.75) is 6.42 Å². The van der Waals surface area contributed by atoms with Crippen LogP contribution in [0.1, 0.15) is 6.42 Å². The third kappa shape index (κ3) is 7.06. The number of rotatable bonds is 5. The minimum absolute atomic E-state index is 0.168. The predicted octanol–water partition coefficient (Wildman–Crippen LogP) is 0.667. The standard InChI is InChI=1S/C8H15NO2/c1-4-7-11-8(10)5-6-9(2)3/h4H,1,5-7H2,2-3H3. The van der Waals surface area contributed by atoms with E-state index < -0.39 is 0 Å². The van der Waals surface area contributed by atoms with Crippen molar-refractivity contribution in [1.82, 2.24) is 4.90 Å². The zero-order valence-corrected chi connectivity index (χ0v) is 7.17. The Morgan fingerprint density at radius 1 is 1.64 bits per heavy atom. The lowest BCUT2D eigenvalue weighted by atomic mass is 10.4. The van der Waals surface area contributed by atoms with Crippen LogP contribution in [0.25, 0.3) is 0 Å². The Labute approximate surface area is 67.6 Å². The van der Waals surface area contributed by atoms with Gasteiger partial charge in [0.1, 0.15) is 6.61 Å². The molecule has 0 rings (SSSR count). The van der Waals surface area contributed by atoms with E-state index >= 15 is 0 Å². The summed E-state index contributed by atoms with van der Waals surface area (Å²) >= 11 is 0. The Balaban J connectivity index is 3.29. The number of hydrogen-bond donors (Lipinski definition) is 0. The first-order valence-electron chi connectivity index (χ1n) is 3.58.